The van der Waals surface area contributed by atoms with Gasteiger partial charge in [-0.3, -0.25) is 19.2 Å². The number of carbonyl (C=O) groups is 4. The van der Waals surface area contributed by atoms with Gasteiger partial charge in [0.2, 0.25) is 0 Å². The molecule has 0 unspecified atom stereocenters. The van der Waals surface area contributed by atoms with Crippen molar-refractivity contribution in [3.63, 3.8) is 0 Å². The minimum atomic E-state index is -1.22. The molecule has 6 heteroatoms. The molecule has 6 nitrogen and oxygen atoms in total. The molecule has 3 aliphatic rings. The fraction of sp³-hybridized carbons (Fsp3) is 0.733. The molecule has 0 saturated heterocycles. The summed E-state index contributed by atoms with van der Waals surface area (Å²) in [5.74, 6) is -4.42. The molecular weight excluding hydrogens is 276 g/mol. The number of hydrogen-bond donors (Lipinski definition) is 0. The van der Waals surface area contributed by atoms with Gasteiger partial charge in [-0.25, -0.2) is 0 Å². The first-order valence-corrected chi connectivity index (χ1v) is 6.86. The van der Waals surface area contributed by atoms with Gasteiger partial charge in [-0.05, 0) is 0 Å². The summed E-state index contributed by atoms with van der Waals surface area (Å²) >= 11 is 0. The predicted molar refractivity (Wildman–Crippen MR) is 71.0 cm³/mol. The van der Waals surface area contributed by atoms with Gasteiger partial charge < -0.3 is 9.47 Å². The van der Waals surface area contributed by atoms with E-state index in [1.165, 1.54) is 14.2 Å². The van der Waals surface area contributed by atoms with Crippen LogP contribution in [-0.4, -0.2) is 37.7 Å². The first-order valence-electron chi connectivity index (χ1n) is 6.86. The Labute approximate surface area is 123 Å². The number of carbonyl (C=O) groups excluding carboxylic acids is 4. The first kappa shape index (κ1) is 15.7. The number of hydrogen-bond acceptors (Lipinski definition) is 6. The first-order chi connectivity index (χ1) is 9.62. The average molecular weight is 296 g/mol. The van der Waals surface area contributed by atoms with Crippen LogP contribution in [0.3, 0.4) is 0 Å². The highest BCUT2D eigenvalue weighted by atomic mass is 16.5. The molecule has 2 bridgehead atoms. The second-order valence-electron chi connectivity index (χ2n) is 6.64. The Bertz CT molecular complexity index is 534. The Balaban J connectivity index is 2.66. The van der Waals surface area contributed by atoms with E-state index in [2.05, 4.69) is 0 Å². The molecule has 3 saturated carbocycles. The zero-order valence-corrected chi connectivity index (χ0v) is 12.9. The van der Waals surface area contributed by atoms with E-state index in [9.17, 15) is 19.2 Å². The Hall–Kier alpha value is -1.72. The van der Waals surface area contributed by atoms with Crippen LogP contribution >= 0.6 is 0 Å². The summed E-state index contributed by atoms with van der Waals surface area (Å²) in [5, 5.41) is 0. The zero-order valence-electron chi connectivity index (χ0n) is 12.9. The van der Waals surface area contributed by atoms with Crippen LogP contribution in [0.5, 0.6) is 0 Å². The molecule has 0 aliphatic heterocycles. The van der Waals surface area contributed by atoms with Gasteiger partial charge >= 0.3 is 11.9 Å². The van der Waals surface area contributed by atoms with Gasteiger partial charge in [0, 0.05) is 23.2 Å². The smallest absolute Gasteiger partial charge is 0.310 e. The van der Waals surface area contributed by atoms with E-state index >= 15 is 0 Å². The fourth-order valence-electron chi connectivity index (χ4n) is 4.26. The minimum Gasteiger partial charge on any atom is -0.469 e. The predicted octanol–water partition coefficient (Wildman–Crippen LogP) is 0.769. The molecule has 0 aromatic heterocycles. The topological polar surface area (TPSA) is 86.7 Å². The Kier molecular flexibility index (Phi) is 3.46. The van der Waals surface area contributed by atoms with Crippen LogP contribution in [0.15, 0.2) is 0 Å². The highest BCUT2D eigenvalue weighted by molar-refractivity contribution is 6.09. The van der Waals surface area contributed by atoms with Crippen LogP contribution in [0.1, 0.15) is 27.2 Å². The zero-order chi connectivity index (χ0) is 16.2. The van der Waals surface area contributed by atoms with Crippen molar-refractivity contribution in [2.45, 2.75) is 27.2 Å². The van der Waals surface area contributed by atoms with Gasteiger partial charge in [0.1, 0.15) is 11.6 Å². The summed E-state index contributed by atoms with van der Waals surface area (Å²) in [6.45, 7) is 4.87. The third-order valence-corrected chi connectivity index (χ3v) is 5.10. The lowest BCUT2D eigenvalue weighted by Gasteiger charge is -2.56. The average Bonchev–Trinajstić information content (AvgIpc) is 2.42. The number of Topliss-reactive ketones (excluding diaryl/α,β-unsaturated/α-hetero) is 2. The highest BCUT2D eigenvalue weighted by Gasteiger charge is 2.71. The molecule has 3 aliphatic carbocycles. The minimum absolute atomic E-state index is 0.0345. The van der Waals surface area contributed by atoms with E-state index in [0.717, 1.165) is 0 Å². The molecule has 0 heterocycles. The number of esters is 2. The van der Waals surface area contributed by atoms with Crippen molar-refractivity contribution in [3.05, 3.63) is 0 Å². The molecule has 3 rings (SSSR count). The summed E-state index contributed by atoms with van der Waals surface area (Å²) in [6.07, 6.45) is -0.0345. The van der Waals surface area contributed by atoms with Crippen molar-refractivity contribution >= 4 is 23.5 Å². The summed E-state index contributed by atoms with van der Waals surface area (Å²) in [7, 11) is 2.42. The second-order valence-corrected chi connectivity index (χ2v) is 6.64. The summed E-state index contributed by atoms with van der Waals surface area (Å²) < 4.78 is 9.55. The van der Waals surface area contributed by atoms with Crippen molar-refractivity contribution in [3.8, 4) is 0 Å². The number of fused-ring (bicyclic) bond motifs is 3. The summed E-state index contributed by atoms with van der Waals surface area (Å²) in [6, 6.07) is 0. The SMILES string of the molecule is COC(=O)[C@@H]1[C@H]2C(=O)C[C@](C)(C(=O)C2(C)C)[C@H]1C(=O)OC. The van der Waals surface area contributed by atoms with Gasteiger partial charge in [-0.1, -0.05) is 20.8 Å². The third kappa shape index (κ3) is 1.84. The normalized spacial score (nSPS) is 37.3. The standard InChI is InChI=1S/C15H20O6/c1-14(2)9-7(16)6-15(3,13(14)19)10(12(18)21-5)8(9)11(17)20-4/h8-10H,6H2,1-5H3/t8-,9-,10-,15+/m1/s1. The summed E-state index contributed by atoms with van der Waals surface area (Å²) in [5.41, 5.74) is -2.21. The number of ketones is 2. The monoisotopic (exact) mass is 296 g/mol. The van der Waals surface area contributed by atoms with Crippen LogP contribution in [0.4, 0.5) is 0 Å². The maximum absolute atomic E-state index is 12.8. The van der Waals surface area contributed by atoms with Crippen molar-refractivity contribution in [2.75, 3.05) is 14.2 Å². The fourth-order valence-corrected chi connectivity index (χ4v) is 4.26. The van der Waals surface area contributed by atoms with Crippen molar-refractivity contribution < 1.29 is 28.7 Å². The molecule has 0 N–H and O–H groups in total. The van der Waals surface area contributed by atoms with Crippen LogP contribution in [0.25, 0.3) is 0 Å². The van der Waals surface area contributed by atoms with E-state index in [0.29, 0.717) is 0 Å². The molecule has 21 heavy (non-hydrogen) atoms. The van der Waals surface area contributed by atoms with Gasteiger partial charge in [0.05, 0.1) is 26.1 Å². The van der Waals surface area contributed by atoms with E-state index < -0.39 is 40.5 Å². The Morgan fingerprint density at radius 3 is 2.05 bits per heavy atom. The molecule has 0 aromatic carbocycles. The van der Waals surface area contributed by atoms with E-state index in [1.54, 1.807) is 20.8 Å². The highest BCUT2D eigenvalue weighted by Crippen LogP contribution is 2.60. The lowest BCUT2D eigenvalue weighted by molar-refractivity contribution is -0.194. The van der Waals surface area contributed by atoms with Crippen LogP contribution in [-0.2, 0) is 28.7 Å². The maximum Gasteiger partial charge on any atom is 0.310 e. The Morgan fingerprint density at radius 2 is 1.57 bits per heavy atom. The van der Waals surface area contributed by atoms with E-state index in [1.807, 2.05) is 0 Å². The lowest BCUT2D eigenvalue weighted by atomic mass is 9.42. The van der Waals surface area contributed by atoms with Gasteiger partial charge in [-0.15, -0.1) is 0 Å². The lowest BCUT2D eigenvalue weighted by Crippen LogP contribution is -2.68. The molecule has 0 spiro atoms. The van der Waals surface area contributed by atoms with Crippen molar-refractivity contribution in [1.29, 1.82) is 0 Å². The second kappa shape index (κ2) is 4.64. The van der Waals surface area contributed by atoms with E-state index in [-0.39, 0.29) is 18.0 Å². The molecule has 0 radical (unpaired) electrons. The van der Waals surface area contributed by atoms with Crippen LogP contribution in [0, 0.1) is 28.6 Å². The maximum atomic E-state index is 12.8. The van der Waals surface area contributed by atoms with Gasteiger partial charge in [0.15, 0.2) is 0 Å². The van der Waals surface area contributed by atoms with Crippen molar-refractivity contribution in [2.24, 2.45) is 28.6 Å². The summed E-state index contributed by atoms with van der Waals surface area (Å²) in [4.78, 5) is 49.5. The number of rotatable bonds is 2. The number of ether oxygens (including phenoxy) is 2. The molecule has 116 valence electrons. The molecule has 4 atom stereocenters. The van der Waals surface area contributed by atoms with Crippen LogP contribution in [0.2, 0.25) is 0 Å². The van der Waals surface area contributed by atoms with E-state index in [4.69, 9.17) is 9.47 Å². The largest absolute Gasteiger partial charge is 0.469 e. The quantitative estimate of drug-likeness (QED) is 0.699. The van der Waals surface area contributed by atoms with Gasteiger partial charge in [0.25, 0.3) is 0 Å². The molecule has 0 amide bonds. The molecule has 3 fully saturated rings. The Morgan fingerprint density at radius 1 is 1.05 bits per heavy atom. The number of methoxy groups -OCH3 is 2. The van der Waals surface area contributed by atoms with Gasteiger partial charge in [-0.2, -0.15) is 0 Å². The molecular formula is C15H20O6. The van der Waals surface area contributed by atoms with Crippen LogP contribution < -0.4 is 0 Å². The van der Waals surface area contributed by atoms with Crippen molar-refractivity contribution in [1.82, 2.24) is 0 Å². The third-order valence-electron chi connectivity index (χ3n) is 5.10. The molecule has 0 aromatic rings.